The number of nitrogens with two attached hydrogens (primary N) is 1. The van der Waals surface area contributed by atoms with E-state index in [4.69, 9.17) is 19.9 Å². The van der Waals surface area contributed by atoms with Gasteiger partial charge in [0.05, 0.1) is 30.9 Å². The van der Waals surface area contributed by atoms with Gasteiger partial charge in [0.25, 0.3) is 0 Å². The molecule has 2 aromatic heterocycles. The lowest BCUT2D eigenvalue weighted by Gasteiger charge is -2.23. The Labute approximate surface area is 167 Å². The van der Waals surface area contributed by atoms with Gasteiger partial charge in [-0.05, 0) is 36.8 Å². The molecule has 4 rings (SSSR count). The van der Waals surface area contributed by atoms with Gasteiger partial charge in [0.15, 0.2) is 11.5 Å². The van der Waals surface area contributed by atoms with Crippen LogP contribution in [0, 0.1) is 11.3 Å². The van der Waals surface area contributed by atoms with Crippen molar-refractivity contribution in [1.29, 1.82) is 5.26 Å². The standard InChI is InChI=1S/C21H19N5O3/c1-3-28-15-7-6-12(9-16(15)27-2)19-18-17(13-5-4-8-24-11-13)14(10-22)20(23)29-21(18)26-25-19/h4-9,11,17H,3,23H2,1-2H3,(H,25,26)/t17-/m1/s1. The Morgan fingerprint density at radius 2 is 2.17 bits per heavy atom. The fourth-order valence-corrected chi connectivity index (χ4v) is 3.44. The first-order chi connectivity index (χ1) is 14.2. The van der Waals surface area contributed by atoms with Crippen LogP contribution in [0.4, 0.5) is 0 Å². The van der Waals surface area contributed by atoms with Gasteiger partial charge in [0.1, 0.15) is 11.6 Å². The van der Waals surface area contributed by atoms with E-state index < -0.39 is 5.92 Å². The van der Waals surface area contributed by atoms with Crippen molar-refractivity contribution in [2.75, 3.05) is 13.7 Å². The molecule has 8 nitrogen and oxygen atoms in total. The highest BCUT2D eigenvalue weighted by Crippen LogP contribution is 2.46. The number of aromatic amines is 1. The Kier molecular flexibility index (Phi) is 4.79. The monoisotopic (exact) mass is 389 g/mol. The van der Waals surface area contributed by atoms with Gasteiger partial charge in [-0.3, -0.25) is 10.1 Å². The molecule has 0 saturated carbocycles. The van der Waals surface area contributed by atoms with Gasteiger partial charge in [0.2, 0.25) is 11.8 Å². The van der Waals surface area contributed by atoms with E-state index in [9.17, 15) is 5.26 Å². The third-order valence-corrected chi connectivity index (χ3v) is 4.71. The normalized spacial score (nSPS) is 15.3. The summed E-state index contributed by atoms with van der Waals surface area (Å²) in [5.74, 6) is 1.16. The van der Waals surface area contributed by atoms with Crippen molar-refractivity contribution >= 4 is 0 Å². The topological polar surface area (TPSA) is 119 Å². The molecule has 1 aliphatic heterocycles. The predicted octanol–water partition coefficient (Wildman–Crippen LogP) is 3.10. The van der Waals surface area contributed by atoms with Gasteiger partial charge < -0.3 is 19.9 Å². The SMILES string of the molecule is CCOc1ccc(-c2[nH]nc3c2[C@H](c2cccnc2)C(C#N)=C(N)O3)cc1OC. The number of hydrogen-bond acceptors (Lipinski definition) is 7. The van der Waals surface area contributed by atoms with E-state index in [1.54, 1.807) is 19.5 Å². The maximum atomic E-state index is 9.74. The molecular weight excluding hydrogens is 370 g/mol. The minimum atomic E-state index is -0.455. The number of allylic oxidation sites excluding steroid dienone is 1. The summed E-state index contributed by atoms with van der Waals surface area (Å²) in [5, 5.41) is 17.0. The van der Waals surface area contributed by atoms with Gasteiger partial charge >= 0.3 is 0 Å². The molecule has 3 aromatic rings. The second-order valence-electron chi connectivity index (χ2n) is 6.33. The van der Waals surface area contributed by atoms with Gasteiger partial charge in [-0.15, -0.1) is 5.10 Å². The van der Waals surface area contributed by atoms with Crippen LogP contribution in [0.3, 0.4) is 0 Å². The van der Waals surface area contributed by atoms with Crippen LogP contribution in [0.5, 0.6) is 17.4 Å². The van der Waals surface area contributed by atoms with E-state index in [0.29, 0.717) is 35.3 Å². The number of hydrogen-bond donors (Lipinski definition) is 2. The molecule has 1 aliphatic rings. The third-order valence-electron chi connectivity index (χ3n) is 4.71. The van der Waals surface area contributed by atoms with Crippen molar-refractivity contribution in [3.63, 3.8) is 0 Å². The molecule has 0 amide bonds. The van der Waals surface area contributed by atoms with Crippen molar-refractivity contribution in [1.82, 2.24) is 15.2 Å². The smallest absolute Gasteiger partial charge is 0.244 e. The second kappa shape index (κ2) is 7.56. The number of nitriles is 1. The molecule has 3 N–H and O–H groups in total. The number of pyridine rings is 1. The van der Waals surface area contributed by atoms with Crippen molar-refractivity contribution in [2.45, 2.75) is 12.8 Å². The van der Waals surface area contributed by atoms with Crippen LogP contribution < -0.4 is 19.9 Å². The van der Waals surface area contributed by atoms with Gasteiger partial charge in [-0.1, -0.05) is 6.07 Å². The van der Waals surface area contributed by atoms with E-state index >= 15 is 0 Å². The highest BCUT2D eigenvalue weighted by atomic mass is 16.5. The molecule has 29 heavy (non-hydrogen) atoms. The maximum Gasteiger partial charge on any atom is 0.244 e. The highest BCUT2D eigenvalue weighted by molar-refractivity contribution is 5.72. The van der Waals surface area contributed by atoms with Gasteiger partial charge in [0, 0.05) is 18.0 Å². The fourth-order valence-electron chi connectivity index (χ4n) is 3.44. The van der Waals surface area contributed by atoms with Crippen LogP contribution in [0.1, 0.15) is 24.0 Å². The lowest BCUT2D eigenvalue weighted by atomic mass is 9.83. The summed E-state index contributed by atoms with van der Waals surface area (Å²) in [4.78, 5) is 4.19. The summed E-state index contributed by atoms with van der Waals surface area (Å²) in [6.07, 6.45) is 3.39. The lowest BCUT2D eigenvalue weighted by molar-refractivity contribution is 0.311. The van der Waals surface area contributed by atoms with Crippen LogP contribution in [-0.2, 0) is 0 Å². The van der Waals surface area contributed by atoms with E-state index in [2.05, 4.69) is 21.3 Å². The number of aromatic nitrogens is 3. The number of benzene rings is 1. The van der Waals surface area contributed by atoms with Crippen molar-refractivity contribution < 1.29 is 14.2 Å². The molecule has 0 radical (unpaired) electrons. The molecule has 1 aromatic carbocycles. The number of rotatable bonds is 5. The van der Waals surface area contributed by atoms with Crippen molar-refractivity contribution in [3.8, 4) is 34.7 Å². The second-order valence-corrected chi connectivity index (χ2v) is 6.33. The van der Waals surface area contributed by atoms with Crippen LogP contribution in [0.25, 0.3) is 11.3 Å². The van der Waals surface area contributed by atoms with Crippen LogP contribution in [-0.4, -0.2) is 28.9 Å². The number of methoxy groups -OCH3 is 1. The number of nitrogens with zero attached hydrogens (tertiary/aromatic N) is 3. The number of fused-ring (bicyclic) bond motifs is 1. The molecule has 0 bridgehead atoms. The Morgan fingerprint density at radius 1 is 1.31 bits per heavy atom. The molecule has 0 spiro atoms. The first kappa shape index (κ1) is 18.4. The molecule has 146 valence electrons. The number of H-pyrrole nitrogens is 1. The summed E-state index contributed by atoms with van der Waals surface area (Å²) in [7, 11) is 1.59. The van der Waals surface area contributed by atoms with Gasteiger partial charge in [-0.2, -0.15) is 5.26 Å². The fraction of sp³-hybridized carbons (Fsp3) is 0.190. The zero-order valence-electron chi connectivity index (χ0n) is 16.0. The van der Waals surface area contributed by atoms with Crippen LogP contribution >= 0.6 is 0 Å². The zero-order valence-corrected chi connectivity index (χ0v) is 16.0. The molecule has 0 fully saturated rings. The molecule has 0 saturated heterocycles. The molecule has 1 atom stereocenters. The first-order valence-corrected chi connectivity index (χ1v) is 9.04. The first-order valence-electron chi connectivity index (χ1n) is 9.04. The molecular formula is C21H19N5O3. The highest BCUT2D eigenvalue weighted by Gasteiger charge is 2.35. The number of ether oxygens (including phenoxy) is 3. The largest absolute Gasteiger partial charge is 0.493 e. The third kappa shape index (κ3) is 3.12. The Morgan fingerprint density at radius 3 is 2.86 bits per heavy atom. The minimum Gasteiger partial charge on any atom is -0.493 e. The quantitative estimate of drug-likeness (QED) is 0.688. The van der Waals surface area contributed by atoms with Crippen LogP contribution in [0.15, 0.2) is 54.2 Å². The molecule has 0 aliphatic carbocycles. The van der Waals surface area contributed by atoms with E-state index in [1.807, 2.05) is 37.3 Å². The number of nitrogens with one attached hydrogen (secondary N) is 1. The van der Waals surface area contributed by atoms with Crippen molar-refractivity contribution in [2.24, 2.45) is 5.73 Å². The summed E-state index contributed by atoms with van der Waals surface area (Å²) in [6, 6.07) is 11.5. The average molecular weight is 389 g/mol. The zero-order chi connectivity index (χ0) is 20.4. The Hall–Kier alpha value is -3.99. The van der Waals surface area contributed by atoms with E-state index in [-0.39, 0.29) is 5.88 Å². The summed E-state index contributed by atoms with van der Waals surface area (Å²) >= 11 is 0. The molecule has 3 heterocycles. The summed E-state index contributed by atoms with van der Waals surface area (Å²) < 4.78 is 16.7. The minimum absolute atomic E-state index is 0.0381. The lowest BCUT2D eigenvalue weighted by Crippen LogP contribution is -2.21. The average Bonchev–Trinajstić information content (AvgIpc) is 3.17. The van der Waals surface area contributed by atoms with E-state index in [0.717, 1.165) is 16.7 Å². The predicted molar refractivity (Wildman–Crippen MR) is 105 cm³/mol. The van der Waals surface area contributed by atoms with Gasteiger partial charge in [-0.25, -0.2) is 0 Å². The van der Waals surface area contributed by atoms with E-state index in [1.165, 1.54) is 0 Å². The Balaban J connectivity index is 1.89. The summed E-state index contributed by atoms with van der Waals surface area (Å²) in [6.45, 7) is 2.44. The molecule has 0 unspecified atom stereocenters. The molecule has 8 heteroatoms. The maximum absolute atomic E-state index is 9.74. The van der Waals surface area contributed by atoms with Crippen LogP contribution in [0.2, 0.25) is 0 Å². The summed E-state index contributed by atoms with van der Waals surface area (Å²) in [5.41, 5.74) is 9.37. The Bertz CT molecular complexity index is 1120. The van der Waals surface area contributed by atoms with Crippen molar-refractivity contribution in [3.05, 3.63) is 65.3 Å².